The maximum absolute atomic E-state index is 5.60. The summed E-state index contributed by atoms with van der Waals surface area (Å²) in [7, 11) is 0. The van der Waals surface area contributed by atoms with E-state index < -0.39 is 0 Å². The zero-order valence-electron chi connectivity index (χ0n) is 10.1. The number of rotatable bonds is 6. The summed E-state index contributed by atoms with van der Waals surface area (Å²) >= 11 is 4.91. The second-order valence-corrected chi connectivity index (χ2v) is 4.54. The van der Waals surface area contributed by atoms with Crippen LogP contribution >= 0.6 is 12.2 Å². The first-order valence-electron chi connectivity index (χ1n) is 5.98. The van der Waals surface area contributed by atoms with E-state index in [4.69, 9.17) is 32.2 Å². The fraction of sp³-hybridized carbons (Fsp3) is 0.462. The Hall–Kier alpha value is -1.17. The van der Waals surface area contributed by atoms with Crippen LogP contribution in [0.4, 0.5) is 0 Å². The van der Waals surface area contributed by atoms with Gasteiger partial charge < -0.3 is 19.9 Å². The van der Waals surface area contributed by atoms with E-state index in [-0.39, 0.29) is 6.10 Å². The van der Waals surface area contributed by atoms with Crippen molar-refractivity contribution in [2.24, 2.45) is 5.73 Å². The van der Waals surface area contributed by atoms with Crippen molar-refractivity contribution in [3.63, 3.8) is 0 Å². The molecule has 0 amide bonds. The second-order valence-electron chi connectivity index (χ2n) is 4.10. The van der Waals surface area contributed by atoms with E-state index in [2.05, 4.69) is 0 Å². The number of thiocarbonyl (C=S) groups is 1. The molecule has 1 unspecified atom stereocenters. The third-order valence-electron chi connectivity index (χ3n) is 2.71. The van der Waals surface area contributed by atoms with Crippen molar-refractivity contribution in [3.8, 4) is 5.75 Å². The molecule has 0 aliphatic carbocycles. The maximum Gasteiger partial charge on any atom is 0.120 e. The minimum atomic E-state index is 0.219. The molecule has 1 aliphatic rings. The number of benzene rings is 1. The van der Waals surface area contributed by atoms with Crippen LogP contribution in [-0.4, -0.2) is 37.5 Å². The normalized spacial score (nSPS) is 18.8. The van der Waals surface area contributed by atoms with Crippen LogP contribution in [0, 0.1) is 0 Å². The second kappa shape index (κ2) is 6.68. The summed E-state index contributed by atoms with van der Waals surface area (Å²) < 4.78 is 16.4. The molecule has 0 aromatic heterocycles. The molecule has 0 saturated carbocycles. The van der Waals surface area contributed by atoms with Crippen molar-refractivity contribution >= 4 is 17.2 Å². The van der Waals surface area contributed by atoms with E-state index in [1.165, 1.54) is 0 Å². The van der Waals surface area contributed by atoms with Crippen molar-refractivity contribution in [2.45, 2.75) is 12.5 Å². The standard InChI is InChI=1S/C13H17NO3S/c14-13(18)10-2-1-3-11(8-10)16-6-7-17-12-4-5-15-9-12/h1-3,8,12H,4-7,9H2,(H2,14,18). The summed E-state index contributed by atoms with van der Waals surface area (Å²) in [5.74, 6) is 0.756. The Balaban J connectivity index is 1.72. The van der Waals surface area contributed by atoms with Crippen LogP contribution in [0.25, 0.3) is 0 Å². The molecule has 1 heterocycles. The summed E-state index contributed by atoms with van der Waals surface area (Å²) in [6.45, 7) is 2.56. The molecule has 1 saturated heterocycles. The highest BCUT2D eigenvalue weighted by molar-refractivity contribution is 7.80. The predicted octanol–water partition coefficient (Wildman–Crippen LogP) is 1.51. The quantitative estimate of drug-likeness (QED) is 0.625. The van der Waals surface area contributed by atoms with E-state index >= 15 is 0 Å². The van der Waals surface area contributed by atoms with Gasteiger partial charge in [-0.05, 0) is 18.6 Å². The van der Waals surface area contributed by atoms with Gasteiger partial charge in [-0.15, -0.1) is 0 Å². The molecule has 4 nitrogen and oxygen atoms in total. The average Bonchev–Trinajstić information content (AvgIpc) is 2.88. The molecule has 18 heavy (non-hydrogen) atoms. The first kappa shape index (κ1) is 13.3. The third kappa shape index (κ3) is 3.94. The topological polar surface area (TPSA) is 53.7 Å². The van der Waals surface area contributed by atoms with Crippen LogP contribution in [0.2, 0.25) is 0 Å². The van der Waals surface area contributed by atoms with Crippen molar-refractivity contribution < 1.29 is 14.2 Å². The van der Waals surface area contributed by atoms with Crippen LogP contribution in [0.1, 0.15) is 12.0 Å². The highest BCUT2D eigenvalue weighted by atomic mass is 32.1. The Morgan fingerprint density at radius 1 is 1.44 bits per heavy atom. The van der Waals surface area contributed by atoms with Gasteiger partial charge in [-0.3, -0.25) is 0 Å². The Bertz CT molecular complexity index is 405. The number of hydrogen-bond donors (Lipinski definition) is 1. The van der Waals surface area contributed by atoms with Gasteiger partial charge in [0, 0.05) is 12.2 Å². The van der Waals surface area contributed by atoms with E-state index in [0.29, 0.717) is 24.8 Å². The van der Waals surface area contributed by atoms with Crippen molar-refractivity contribution in [1.82, 2.24) is 0 Å². The van der Waals surface area contributed by atoms with Gasteiger partial charge in [0.05, 0.1) is 19.3 Å². The predicted molar refractivity (Wildman–Crippen MR) is 73.0 cm³/mol. The van der Waals surface area contributed by atoms with E-state index in [9.17, 15) is 0 Å². The summed E-state index contributed by atoms with van der Waals surface area (Å²) in [5.41, 5.74) is 6.37. The van der Waals surface area contributed by atoms with Gasteiger partial charge in [-0.1, -0.05) is 24.4 Å². The van der Waals surface area contributed by atoms with Crippen molar-refractivity contribution in [2.75, 3.05) is 26.4 Å². The van der Waals surface area contributed by atoms with Crippen molar-refractivity contribution in [1.29, 1.82) is 0 Å². The van der Waals surface area contributed by atoms with Crippen LogP contribution in [0.3, 0.4) is 0 Å². The molecule has 1 atom stereocenters. The molecule has 2 N–H and O–H groups in total. The molecule has 1 aromatic carbocycles. The Labute approximate surface area is 112 Å². The van der Waals surface area contributed by atoms with Crippen LogP contribution < -0.4 is 10.5 Å². The van der Waals surface area contributed by atoms with E-state index in [0.717, 1.165) is 24.3 Å². The molecule has 2 rings (SSSR count). The Kier molecular flexibility index (Phi) is 4.92. The Morgan fingerprint density at radius 2 is 2.33 bits per heavy atom. The first-order chi connectivity index (χ1) is 8.75. The highest BCUT2D eigenvalue weighted by Crippen LogP contribution is 2.13. The summed E-state index contributed by atoms with van der Waals surface area (Å²) in [6.07, 6.45) is 1.19. The largest absolute Gasteiger partial charge is 0.491 e. The lowest BCUT2D eigenvalue weighted by molar-refractivity contribution is 0.0265. The molecule has 1 fully saturated rings. The fourth-order valence-corrected chi connectivity index (χ4v) is 1.88. The minimum Gasteiger partial charge on any atom is -0.491 e. The highest BCUT2D eigenvalue weighted by Gasteiger charge is 2.15. The molecule has 5 heteroatoms. The summed E-state index contributed by atoms with van der Waals surface area (Å²) in [4.78, 5) is 0.375. The van der Waals surface area contributed by atoms with Gasteiger partial charge in [-0.2, -0.15) is 0 Å². The van der Waals surface area contributed by atoms with E-state index in [1.807, 2.05) is 24.3 Å². The lowest BCUT2D eigenvalue weighted by Gasteiger charge is -2.11. The SMILES string of the molecule is NC(=S)c1cccc(OCCOC2CCOC2)c1. The first-order valence-corrected chi connectivity index (χ1v) is 6.38. The molecule has 0 radical (unpaired) electrons. The van der Waals surface area contributed by atoms with Gasteiger partial charge in [0.2, 0.25) is 0 Å². The lowest BCUT2D eigenvalue weighted by Crippen LogP contribution is -2.17. The zero-order valence-corrected chi connectivity index (χ0v) is 10.9. The molecule has 0 bridgehead atoms. The van der Waals surface area contributed by atoms with Gasteiger partial charge in [0.1, 0.15) is 17.3 Å². The van der Waals surface area contributed by atoms with Gasteiger partial charge in [0.25, 0.3) is 0 Å². The maximum atomic E-state index is 5.60. The lowest BCUT2D eigenvalue weighted by atomic mass is 10.2. The molecule has 1 aromatic rings. The van der Waals surface area contributed by atoms with Crippen LogP contribution in [-0.2, 0) is 9.47 Å². The van der Waals surface area contributed by atoms with Crippen molar-refractivity contribution in [3.05, 3.63) is 29.8 Å². The fourth-order valence-electron chi connectivity index (χ4n) is 1.76. The summed E-state index contributed by atoms with van der Waals surface area (Å²) in [5, 5.41) is 0. The van der Waals surface area contributed by atoms with E-state index in [1.54, 1.807) is 0 Å². The molecular formula is C13H17NO3S. The average molecular weight is 267 g/mol. The molecule has 1 aliphatic heterocycles. The minimum absolute atomic E-state index is 0.219. The molecular weight excluding hydrogens is 250 g/mol. The molecule has 0 spiro atoms. The van der Waals surface area contributed by atoms with Crippen LogP contribution in [0.15, 0.2) is 24.3 Å². The van der Waals surface area contributed by atoms with Gasteiger partial charge in [0.15, 0.2) is 0 Å². The van der Waals surface area contributed by atoms with Crippen LogP contribution in [0.5, 0.6) is 5.75 Å². The zero-order chi connectivity index (χ0) is 12.8. The monoisotopic (exact) mass is 267 g/mol. The number of nitrogens with two attached hydrogens (primary N) is 1. The Morgan fingerprint density at radius 3 is 3.06 bits per heavy atom. The van der Waals surface area contributed by atoms with Gasteiger partial charge in [-0.25, -0.2) is 0 Å². The smallest absolute Gasteiger partial charge is 0.120 e. The van der Waals surface area contributed by atoms with Gasteiger partial charge >= 0.3 is 0 Å². The number of ether oxygens (including phenoxy) is 3. The molecule has 98 valence electrons. The number of hydrogen-bond acceptors (Lipinski definition) is 4. The third-order valence-corrected chi connectivity index (χ3v) is 2.95. The summed E-state index contributed by atoms with van der Waals surface area (Å²) in [6, 6.07) is 7.44.